The molecule has 0 spiro atoms. The minimum atomic E-state index is 0.0277. The molecule has 1 aromatic heterocycles. The molecule has 1 heterocycles. The molecular weight excluding hydrogens is 176 g/mol. The average Bonchev–Trinajstić information content (AvgIpc) is 2.16. The summed E-state index contributed by atoms with van der Waals surface area (Å²) < 4.78 is 0. The number of amidine groups is 1. The second-order valence-electron chi connectivity index (χ2n) is 1.93. The summed E-state index contributed by atoms with van der Waals surface area (Å²) in [5.41, 5.74) is 5.93. The van der Waals surface area contributed by atoms with Crippen LogP contribution in [0.2, 0.25) is 0 Å². The molecule has 0 aliphatic heterocycles. The number of hydrogen-bond donors (Lipinski definition) is 2. The standard InChI is InChI=1S/C6H8N4OS/c1-12-6-4(5(7)10-11)2-8-3-9-6/h2-3,11H,1H3,(H2,7,10). The first-order chi connectivity index (χ1) is 5.79. The van der Waals surface area contributed by atoms with Crippen molar-refractivity contribution in [3.05, 3.63) is 18.1 Å². The number of nitrogens with two attached hydrogens (primary N) is 1. The van der Waals surface area contributed by atoms with Crippen molar-refractivity contribution >= 4 is 17.6 Å². The number of nitrogens with zero attached hydrogens (tertiary/aromatic N) is 3. The minimum absolute atomic E-state index is 0.0277. The number of oxime groups is 1. The van der Waals surface area contributed by atoms with Gasteiger partial charge in [0.05, 0.1) is 5.56 Å². The van der Waals surface area contributed by atoms with E-state index < -0.39 is 0 Å². The van der Waals surface area contributed by atoms with Crippen LogP contribution in [-0.2, 0) is 0 Å². The van der Waals surface area contributed by atoms with Gasteiger partial charge in [0.15, 0.2) is 5.84 Å². The van der Waals surface area contributed by atoms with Crippen molar-refractivity contribution in [3.8, 4) is 0 Å². The van der Waals surface area contributed by atoms with Gasteiger partial charge in [0.1, 0.15) is 11.4 Å². The molecule has 3 N–H and O–H groups in total. The van der Waals surface area contributed by atoms with E-state index in [4.69, 9.17) is 10.9 Å². The van der Waals surface area contributed by atoms with Crippen molar-refractivity contribution < 1.29 is 5.21 Å². The Kier molecular flexibility index (Phi) is 2.87. The Morgan fingerprint density at radius 2 is 2.50 bits per heavy atom. The van der Waals surface area contributed by atoms with Crippen LogP contribution in [0.25, 0.3) is 0 Å². The molecule has 0 fully saturated rings. The van der Waals surface area contributed by atoms with Crippen LogP contribution in [0.5, 0.6) is 0 Å². The molecule has 64 valence electrons. The summed E-state index contributed by atoms with van der Waals surface area (Å²) in [5.74, 6) is 0.0277. The summed E-state index contributed by atoms with van der Waals surface area (Å²) in [7, 11) is 0. The Hall–Kier alpha value is -1.30. The van der Waals surface area contributed by atoms with Crippen molar-refractivity contribution in [2.75, 3.05) is 6.26 Å². The van der Waals surface area contributed by atoms with Crippen molar-refractivity contribution in [3.63, 3.8) is 0 Å². The lowest BCUT2D eigenvalue weighted by molar-refractivity contribution is 0.318. The molecule has 0 saturated carbocycles. The van der Waals surface area contributed by atoms with Crippen LogP contribution in [0.1, 0.15) is 5.56 Å². The maximum atomic E-state index is 8.41. The van der Waals surface area contributed by atoms with E-state index in [1.165, 1.54) is 24.3 Å². The second-order valence-corrected chi connectivity index (χ2v) is 2.73. The Morgan fingerprint density at radius 1 is 1.75 bits per heavy atom. The SMILES string of the molecule is CSc1ncncc1/C(N)=N/O. The molecule has 6 heteroatoms. The van der Waals surface area contributed by atoms with E-state index in [-0.39, 0.29) is 5.84 Å². The van der Waals surface area contributed by atoms with Gasteiger partial charge in [-0.2, -0.15) is 0 Å². The van der Waals surface area contributed by atoms with Crippen LogP contribution in [-0.4, -0.2) is 27.3 Å². The van der Waals surface area contributed by atoms with Gasteiger partial charge >= 0.3 is 0 Å². The Labute approximate surface area is 73.7 Å². The molecule has 0 aliphatic carbocycles. The number of rotatable bonds is 2. The monoisotopic (exact) mass is 184 g/mol. The van der Waals surface area contributed by atoms with Gasteiger partial charge in [0.25, 0.3) is 0 Å². The molecule has 0 aromatic carbocycles. The van der Waals surface area contributed by atoms with Gasteiger partial charge in [-0.3, -0.25) is 0 Å². The summed E-state index contributed by atoms with van der Waals surface area (Å²) in [6.45, 7) is 0. The summed E-state index contributed by atoms with van der Waals surface area (Å²) in [4.78, 5) is 7.71. The quantitative estimate of drug-likeness (QED) is 0.172. The van der Waals surface area contributed by atoms with Gasteiger partial charge in [-0.1, -0.05) is 5.16 Å². The number of thioether (sulfide) groups is 1. The first kappa shape index (κ1) is 8.79. The zero-order valence-corrected chi connectivity index (χ0v) is 7.25. The van der Waals surface area contributed by atoms with Crippen LogP contribution in [0.15, 0.2) is 22.7 Å². The van der Waals surface area contributed by atoms with Gasteiger partial charge in [-0.05, 0) is 6.26 Å². The predicted octanol–water partition coefficient (Wildman–Crippen LogP) is 0.293. The first-order valence-corrected chi connectivity index (χ1v) is 4.34. The molecule has 0 atom stereocenters. The highest BCUT2D eigenvalue weighted by molar-refractivity contribution is 7.98. The van der Waals surface area contributed by atoms with Crippen LogP contribution < -0.4 is 5.73 Å². The summed E-state index contributed by atoms with van der Waals surface area (Å²) >= 11 is 1.42. The van der Waals surface area contributed by atoms with Crippen LogP contribution in [0.3, 0.4) is 0 Å². The first-order valence-electron chi connectivity index (χ1n) is 3.11. The average molecular weight is 184 g/mol. The molecule has 0 bridgehead atoms. The fourth-order valence-corrected chi connectivity index (χ4v) is 1.24. The number of aromatic nitrogens is 2. The third-order valence-corrected chi connectivity index (χ3v) is 1.96. The molecule has 1 aromatic rings. The molecule has 0 aliphatic rings. The van der Waals surface area contributed by atoms with E-state index in [0.29, 0.717) is 10.6 Å². The van der Waals surface area contributed by atoms with E-state index in [9.17, 15) is 0 Å². The lowest BCUT2D eigenvalue weighted by atomic mass is 10.3. The molecular formula is C6H8N4OS. The van der Waals surface area contributed by atoms with Gasteiger partial charge < -0.3 is 10.9 Å². The topological polar surface area (TPSA) is 84.4 Å². The van der Waals surface area contributed by atoms with Crippen molar-refractivity contribution in [1.82, 2.24) is 9.97 Å². The molecule has 0 amide bonds. The Bertz CT molecular complexity index is 301. The number of hydrogen-bond acceptors (Lipinski definition) is 5. The zero-order valence-electron chi connectivity index (χ0n) is 6.43. The highest BCUT2D eigenvalue weighted by Gasteiger charge is 2.06. The van der Waals surface area contributed by atoms with Crippen LogP contribution in [0, 0.1) is 0 Å². The summed E-state index contributed by atoms with van der Waals surface area (Å²) in [6.07, 6.45) is 4.78. The Morgan fingerprint density at radius 3 is 3.08 bits per heavy atom. The van der Waals surface area contributed by atoms with Crippen molar-refractivity contribution in [2.45, 2.75) is 5.03 Å². The third kappa shape index (κ3) is 1.65. The lowest BCUT2D eigenvalue weighted by Crippen LogP contribution is -2.15. The van der Waals surface area contributed by atoms with Crippen LogP contribution in [0.4, 0.5) is 0 Å². The summed E-state index contributed by atoms with van der Waals surface area (Å²) in [5, 5.41) is 12.0. The smallest absolute Gasteiger partial charge is 0.174 e. The highest BCUT2D eigenvalue weighted by Crippen LogP contribution is 2.14. The molecule has 0 unspecified atom stereocenters. The third-order valence-electron chi connectivity index (χ3n) is 1.25. The highest BCUT2D eigenvalue weighted by atomic mass is 32.2. The minimum Gasteiger partial charge on any atom is -0.409 e. The summed E-state index contributed by atoms with van der Waals surface area (Å²) in [6, 6.07) is 0. The van der Waals surface area contributed by atoms with Gasteiger partial charge in [0.2, 0.25) is 0 Å². The van der Waals surface area contributed by atoms with E-state index in [1.54, 1.807) is 0 Å². The lowest BCUT2D eigenvalue weighted by Gasteiger charge is -2.01. The van der Waals surface area contributed by atoms with E-state index in [1.807, 2.05) is 6.26 Å². The molecule has 5 nitrogen and oxygen atoms in total. The molecule has 0 saturated heterocycles. The normalized spacial score (nSPS) is 11.6. The maximum absolute atomic E-state index is 8.41. The van der Waals surface area contributed by atoms with Crippen LogP contribution >= 0.6 is 11.8 Å². The largest absolute Gasteiger partial charge is 0.409 e. The van der Waals surface area contributed by atoms with E-state index >= 15 is 0 Å². The van der Waals surface area contributed by atoms with Crippen molar-refractivity contribution in [2.24, 2.45) is 10.9 Å². The van der Waals surface area contributed by atoms with E-state index in [2.05, 4.69) is 15.1 Å². The zero-order chi connectivity index (χ0) is 8.97. The van der Waals surface area contributed by atoms with E-state index in [0.717, 1.165) is 0 Å². The second kappa shape index (κ2) is 3.91. The van der Waals surface area contributed by atoms with Gasteiger partial charge in [-0.15, -0.1) is 11.8 Å². The Balaban J connectivity index is 3.13. The molecule has 1 rings (SSSR count). The van der Waals surface area contributed by atoms with Gasteiger partial charge in [-0.25, -0.2) is 9.97 Å². The van der Waals surface area contributed by atoms with Gasteiger partial charge in [0, 0.05) is 6.20 Å². The molecule has 0 radical (unpaired) electrons. The predicted molar refractivity (Wildman–Crippen MR) is 46.3 cm³/mol. The fraction of sp³-hybridized carbons (Fsp3) is 0.167. The fourth-order valence-electron chi connectivity index (χ4n) is 0.711. The van der Waals surface area contributed by atoms with Crippen molar-refractivity contribution in [1.29, 1.82) is 0 Å². The maximum Gasteiger partial charge on any atom is 0.174 e. The molecule has 12 heavy (non-hydrogen) atoms.